The Labute approximate surface area is 141 Å². The van der Waals surface area contributed by atoms with E-state index >= 15 is 0 Å². The van der Waals surface area contributed by atoms with Crippen LogP contribution in [0.3, 0.4) is 0 Å². The standard InChI is InChI=1S/C19H20N2O3/c22-18-13-20(11-12-21(18)17-9-5-2-6-10-17)19(23)15-24-14-16-7-3-1-4-8-16/h1-10H,11-15H2. The van der Waals surface area contributed by atoms with E-state index in [2.05, 4.69) is 0 Å². The number of ether oxygens (including phenoxy) is 1. The quantitative estimate of drug-likeness (QED) is 0.846. The van der Waals surface area contributed by atoms with Crippen LogP contribution in [0.4, 0.5) is 5.69 Å². The Morgan fingerprint density at radius 2 is 1.62 bits per heavy atom. The van der Waals surface area contributed by atoms with Crippen molar-refractivity contribution in [3.05, 3.63) is 66.2 Å². The Hall–Kier alpha value is -2.66. The summed E-state index contributed by atoms with van der Waals surface area (Å²) in [5, 5.41) is 0. The number of benzene rings is 2. The molecule has 0 spiro atoms. The van der Waals surface area contributed by atoms with Gasteiger partial charge in [0.2, 0.25) is 11.8 Å². The summed E-state index contributed by atoms with van der Waals surface area (Å²) in [4.78, 5) is 27.8. The van der Waals surface area contributed by atoms with Crippen LogP contribution in [0.1, 0.15) is 5.56 Å². The number of amides is 2. The first-order chi connectivity index (χ1) is 11.7. The third kappa shape index (κ3) is 4.00. The van der Waals surface area contributed by atoms with Crippen molar-refractivity contribution in [2.75, 3.05) is 31.1 Å². The molecule has 124 valence electrons. The number of carbonyl (C=O) groups excluding carboxylic acids is 2. The molecular weight excluding hydrogens is 304 g/mol. The Morgan fingerprint density at radius 3 is 2.29 bits per heavy atom. The first kappa shape index (κ1) is 16.2. The summed E-state index contributed by atoms with van der Waals surface area (Å²) < 4.78 is 5.47. The summed E-state index contributed by atoms with van der Waals surface area (Å²) in [6, 6.07) is 19.2. The maximum absolute atomic E-state index is 12.3. The summed E-state index contributed by atoms with van der Waals surface area (Å²) in [6.45, 7) is 1.52. The number of hydrogen-bond donors (Lipinski definition) is 0. The molecule has 0 aliphatic carbocycles. The van der Waals surface area contributed by atoms with Crippen LogP contribution in [-0.4, -0.2) is 43.0 Å². The second-order valence-corrected chi connectivity index (χ2v) is 5.67. The minimum atomic E-state index is -0.146. The number of rotatable bonds is 5. The number of para-hydroxylation sites is 1. The Balaban J connectivity index is 1.48. The normalized spacial score (nSPS) is 14.8. The number of nitrogens with zero attached hydrogens (tertiary/aromatic N) is 2. The van der Waals surface area contributed by atoms with Crippen molar-refractivity contribution < 1.29 is 14.3 Å². The van der Waals surface area contributed by atoms with Crippen LogP contribution in [0, 0.1) is 0 Å². The highest BCUT2D eigenvalue weighted by Crippen LogP contribution is 2.16. The fourth-order valence-corrected chi connectivity index (χ4v) is 2.69. The molecular formula is C19H20N2O3. The minimum absolute atomic E-state index is 0.00644. The third-order valence-electron chi connectivity index (χ3n) is 3.98. The lowest BCUT2D eigenvalue weighted by molar-refractivity contribution is -0.141. The predicted octanol–water partition coefficient (Wildman–Crippen LogP) is 2.08. The molecule has 1 heterocycles. The molecule has 2 aromatic carbocycles. The highest BCUT2D eigenvalue weighted by Gasteiger charge is 2.27. The lowest BCUT2D eigenvalue weighted by Crippen LogP contribution is -2.53. The molecule has 2 aromatic rings. The summed E-state index contributed by atoms with van der Waals surface area (Å²) in [7, 11) is 0. The van der Waals surface area contributed by atoms with Crippen molar-refractivity contribution in [2.24, 2.45) is 0 Å². The van der Waals surface area contributed by atoms with Crippen LogP contribution in [0.5, 0.6) is 0 Å². The van der Waals surface area contributed by atoms with Crippen LogP contribution in [0.15, 0.2) is 60.7 Å². The molecule has 0 unspecified atom stereocenters. The SMILES string of the molecule is O=C(COCc1ccccc1)N1CCN(c2ccccc2)C(=O)C1. The molecule has 1 saturated heterocycles. The molecule has 0 aromatic heterocycles. The summed E-state index contributed by atoms with van der Waals surface area (Å²) in [5.74, 6) is -0.212. The Bertz CT molecular complexity index is 688. The average molecular weight is 324 g/mol. The number of piperazine rings is 1. The van der Waals surface area contributed by atoms with Crippen molar-refractivity contribution in [2.45, 2.75) is 6.61 Å². The van der Waals surface area contributed by atoms with Crippen molar-refractivity contribution in [3.63, 3.8) is 0 Å². The molecule has 1 fully saturated rings. The van der Waals surface area contributed by atoms with E-state index in [0.29, 0.717) is 19.7 Å². The number of hydrogen-bond acceptors (Lipinski definition) is 3. The van der Waals surface area contributed by atoms with Gasteiger partial charge in [0.05, 0.1) is 6.61 Å². The maximum Gasteiger partial charge on any atom is 0.249 e. The van der Waals surface area contributed by atoms with Gasteiger partial charge in [0.15, 0.2) is 0 Å². The zero-order valence-electron chi connectivity index (χ0n) is 13.4. The number of carbonyl (C=O) groups is 2. The van der Waals surface area contributed by atoms with Gasteiger partial charge in [-0.15, -0.1) is 0 Å². The van der Waals surface area contributed by atoms with Gasteiger partial charge < -0.3 is 14.5 Å². The molecule has 0 N–H and O–H groups in total. The van der Waals surface area contributed by atoms with Crippen LogP contribution in [-0.2, 0) is 20.9 Å². The van der Waals surface area contributed by atoms with Gasteiger partial charge in [-0.05, 0) is 17.7 Å². The van der Waals surface area contributed by atoms with Crippen LogP contribution < -0.4 is 4.90 Å². The monoisotopic (exact) mass is 324 g/mol. The second kappa shape index (κ2) is 7.75. The second-order valence-electron chi connectivity index (χ2n) is 5.67. The molecule has 24 heavy (non-hydrogen) atoms. The summed E-state index contributed by atoms with van der Waals surface area (Å²) in [6.07, 6.45) is 0. The first-order valence-corrected chi connectivity index (χ1v) is 7.99. The van der Waals surface area contributed by atoms with E-state index in [4.69, 9.17) is 4.74 Å². The van der Waals surface area contributed by atoms with E-state index in [-0.39, 0.29) is 25.0 Å². The van der Waals surface area contributed by atoms with E-state index in [1.165, 1.54) is 0 Å². The largest absolute Gasteiger partial charge is 0.367 e. The van der Waals surface area contributed by atoms with Gasteiger partial charge in [0.1, 0.15) is 13.2 Å². The van der Waals surface area contributed by atoms with Gasteiger partial charge in [-0.3, -0.25) is 9.59 Å². The highest BCUT2D eigenvalue weighted by atomic mass is 16.5. The lowest BCUT2D eigenvalue weighted by Gasteiger charge is -2.34. The molecule has 1 aliphatic heterocycles. The minimum Gasteiger partial charge on any atom is -0.367 e. The predicted molar refractivity (Wildman–Crippen MR) is 91.5 cm³/mol. The molecule has 5 heteroatoms. The van der Waals surface area contributed by atoms with E-state index in [1.54, 1.807) is 9.80 Å². The van der Waals surface area contributed by atoms with Crippen molar-refractivity contribution in [1.29, 1.82) is 0 Å². The fraction of sp³-hybridized carbons (Fsp3) is 0.263. The molecule has 0 saturated carbocycles. The van der Waals surface area contributed by atoms with Crippen LogP contribution >= 0.6 is 0 Å². The zero-order valence-corrected chi connectivity index (χ0v) is 13.4. The van der Waals surface area contributed by atoms with Crippen molar-refractivity contribution in [3.8, 4) is 0 Å². The van der Waals surface area contributed by atoms with E-state index in [1.807, 2.05) is 60.7 Å². The van der Waals surface area contributed by atoms with Crippen LogP contribution in [0.2, 0.25) is 0 Å². The molecule has 0 bridgehead atoms. The Morgan fingerprint density at radius 1 is 0.958 bits per heavy atom. The van der Waals surface area contributed by atoms with Crippen LogP contribution in [0.25, 0.3) is 0 Å². The van der Waals surface area contributed by atoms with Gasteiger partial charge in [0, 0.05) is 18.8 Å². The molecule has 3 rings (SSSR count). The number of anilines is 1. The van der Waals surface area contributed by atoms with Crippen molar-refractivity contribution >= 4 is 17.5 Å². The first-order valence-electron chi connectivity index (χ1n) is 7.99. The third-order valence-corrected chi connectivity index (χ3v) is 3.98. The molecule has 1 aliphatic rings. The molecule has 5 nitrogen and oxygen atoms in total. The van der Waals surface area contributed by atoms with Crippen molar-refractivity contribution in [1.82, 2.24) is 4.90 Å². The molecule has 0 atom stereocenters. The lowest BCUT2D eigenvalue weighted by atomic mass is 10.2. The van der Waals surface area contributed by atoms with Gasteiger partial charge in [-0.25, -0.2) is 0 Å². The topological polar surface area (TPSA) is 49.9 Å². The highest BCUT2D eigenvalue weighted by molar-refractivity contribution is 5.98. The summed E-state index contributed by atoms with van der Waals surface area (Å²) >= 11 is 0. The van der Waals surface area contributed by atoms with Gasteiger partial charge in [-0.2, -0.15) is 0 Å². The summed E-state index contributed by atoms with van der Waals surface area (Å²) in [5.41, 5.74) is 1.89. The fourth-order valence-electron chi connectivity index (χ4n) is 2.69. The smallest absolute Gasteiger partial charge is 0.249 e. The zero-order chi connectivity index (χ0) is 16.8. The van der Waals surface area contributed by atoms with Gasteiger partial charge in [0.25, 0.3) is 0 Å². The molecule has 2 amide bonds. The average Bonchev–Trinajstić information content (AvgIpc) is 2.63. The Kier molecular flexibility index (Phi) is 5.23. The van der Waals surface area contributed by atoms with E-state index in [9.17, 15) is 9.59 Å². The van der Waals surface area contributed by atoms with E-state index in [0.717, 1.165) is 11.3 Å². The van der Waals surface area contributed by atoms with E-state index < -0.39 is 0 Å². The molecule has 0 radical (unpaired) electrons. The van der Waals surface area contributed by atoms with Gasteiger partial charge >= 0.3 is 0 Å². The maximum atomic E-state index is 12.3. The van der Waals surface area contributed by atoms with Gasteiger partial charge in [-0.1, -0.05) is 48.5 Å².